The molecule has 0 bridgehead atoms. The number of carbonyl (C=O) groups excluding carboxylic acids is 1. The van der Waals surface area contributed by atoms with Gasteiger partial charge in [0.25, 0.3) is 5.91 Å². The van der Waals surface area contributed by atoms with E-state index in [0.29, 0.717) is 11.1 Å². The van der Waals surface area contributed by atoms with Crippen LogP contribution in [-0.4, -0.2) is 46.5 Å². The molecule has 1 saturated heterocycles. The fourth-order valence-electron chi connectivity index (χ4n) is 3.29. The Morgan fingerprint density at radius 3 is 2.68 bits per heavy atom. The van der Waals surface area contributed by atoms with Crippen molar-refractivity contribution in [3.05, 3.63) is 29.6 Å². The molecule has 25 heavy (non-hydrogen) atoms. The maximum absolute atomic E-state index is 13.3. The van der Waals surface area contributed by atoms with Gasteiger partial charge in [-0.3, -0.25) is 4.79 Å². The van der Waals surface area contributed by atoms with Gasteiger partial charge in [-0.25, -0.2) is 4.98 Å². The molecule has 1 aliphatic heterocycles. The highest BCUT2D eigenvalue weighted by Gasteiger charge is 2.38. The third-order valence-electron chi connectivity index (χ3n) is 4.61. The Bertz CT molecular complexity index is 791. The van der Waals surface area contributed by atoms with Crippen molar-refractivity contribution in [2.24, 2.45) is 0 Å². The Morgan fingerprint density at radius 1 is 1.40 bits per heavy atom. The van der Waals surface area contributed by atoms with E-state index in [0.717, 1.165) is 24.1 Å². The molecule has 0 radical (unpaired) electrons. The Labute approximate surface area is 143 Å². The largest absolute Gasteiger partial charge is 0.449 e. The zero-order chi connectivity index (χ0) is 18.4. The summed E-state index contributed by atoms with van der Waals surface area (Å²) < 4.78 is 41.0. The highest BCUT2D eigenvalue weighted by molar-refractivity contribution is 5.97. The lowest BCUT2D eigenvalue weighted by atomic mass is 10.1. The molecule has 0 unspecified atom stereocenters. The topological polar surface area (TPSA) is 50.2 Å². The summed E-state index contributed by atoms with van der Waals surface area (Å²) in [6, 6.07) is 4.28. The molecule has 1 aromatic heterocycles. The second-order valence-corrected chi connectivity index (χ2v) is 6.66. The number of likely N-dealkylation sites (N-methyl/N-ethyl adjacent to an activating group) is 1. The van der Waals surface area contributed by atoms with Crippen LogP contribution in [0.5, 0.6) is 0 Å². The fourth-order valence-corrected chi connectivity index (χ4v) is 3.29. The van der Waals surface area contributed by atoms with Gasteiger partial charge in [-0.1, -0.05) is 0 Å². The van der Waals surface area contributed by atoms with Gasteiger partial charge in [0, 0.05) is 31.2 Å². The van der Waals surface area contributed by atoms with E-state index >= 15 is 0 Å². The number of fused-ring (bicyclic) bond motifs is 1. The Kier molecular flexibility index (Phi) is 4.49. The van der Waals surface area contributed by atoms with Crippen LogP contribution < -0.4 is 5.32 Å². The van der Waals surface area contributed by atoms with Crippen LogP contribution in [0.4, 0.5) is 13.2 Å². The number of hydrogen-bond donors (Lipinski definition) is 1. The average molecular weight is 354 g/mol. The van der Waals surface area contributed by atoms with E-state index in [9.17, 15) is 18.0 Å². The highest BCUT2D eigenvalue weighted by Crippen LogP contribution is 2.34. The standard InChI is InChI=1S/C17H21F3N4O/c1-10(2)24-14-5-4-11(8-13(14)22-16(24)17(18,19)20)15(25)23(3)12-6-7-21-9-12/h4-5,8,10,12,21H,6-7,9H2,1-3H3/t12-/m0/s1. The number of nitrogens with one attached hydrogen (secondary N) is 1. The fraction of sp³-hybridized carbons (Fsp3) is 0.529. The molecule has 0 spiro atoms. The monoisotopic (exact) mass is 354 g/mol. The van der Waals surface area contributed by atoms with E-state index in [2.05, 4.69) is 10.3 Å². The second-order valence-electron chi connectivity index (χ2n) is 6.66. The van der Waals surface area contributed by atoms with Crippen molar-refractivity contribution >= 4 is 16.9 Å². The summed E-state index contributed by atoms with van der Waals surface area (Å²) in [6.45, 7) is 4.94. The van der Waals surface area contributed by atoms with Crippen molar-refractivity contribution in [2.75, 3.05) is 20.1 Å². The SMILES string of the molecule is CC(C)n1c(C(F)(F)F)nc2cc(C(=O)N(C)[C@H]3CCNC3)ccc21. The van der Waals surface area contributed by atoms with E-state index in [1.54, 1.807) is 37.9 Å². The number of rotatable bonds is 3. The number of aromatic nitrogens is 2. The third kappa shape index (κ3) is 3.22. The Hall–Kier alpha value is -2.09. The molecular formula is C17H21F3N4O. The van der Waals surface area contributed by atoms with Crippen molar-refractivity contribution in [2.45, 2.75) is 38.5 Å². The van der Waals surface area contributed by atoms with Crippen LogP contribution in [0.25, 0.3) is 11.0 Å². The van der Waals surface area contributed by atoms with Gasteiger partial charge in [0.2, 0.25) is 5.82 Å². The van der Waals surface area contributed by atoms with Crippen molar-refractivity contribution in [1.29, 1.82) is 0 Å². The minimum Gasteiger partial charge on any atom is -0.337 e. The molecule has 3 rings (SSSR count). The van der Waals surface area contributed by atoms with Crippen molar-refractivity contribution in [1.82, 2.24) is 19.8 Å². The van der Waals surface area contributed by atoms with Crippen LogP contribution in [-0.2, 0) is 6.18 Å². The lowest BCUT2D eigenvalue weighted by Gasteiger charge is -2.23. The van der Waals surface area contributed by atoms with E-state index in [-0.39, 0.29) is 17.5 Å². The number of halogens is 3. The van der Waals surface area contributed by atoms with Gasteiger partial charge >= 0.3 is 6.18 Å². The number of benzene rings is 1. The molecular weight excluding hydrogens is 333 g/mol. The van der Waals surface area contributed by atoms with Crippen molar-refractivity contribution < 1.29 is 18.0 Å². The van der Waals surface area contributed by atoms with E-state index < -0.39 is 18.0 Å². The summed E-state index contributed by atoms with van der Waals surface area (Å²) in [5, 5.41) is 3.19. The summed E-state index contributed by atoms with van der Waals surface area (Å²) in [5.41, 5.74) is 0.915. The van der Waals surface area contributed by atoms with Gasteiger partial charge in [-0.2, -0.15) is 13.2 Å². The molecule has 2 aromatic rings. The van der Waals surface area contributed by atoms with Gasteiger partial charge < -0.3 is 14.8 Å². The Morgan fingerprint density at radius 2 is 2.12 bits per heavy atom. The molecule has 0 saturated carbocycles. The van der Waals surface area contributed by atoms with E-state index in [4.69, 9.17) is 0 Å². The number of hydrogen-bond acceptors (Lipinski definition) is 3. The zero-order valence-electron chi connectivity index (χ0n) is 14.4. The Balaban J connectivity index is 2.01. The molecule has 1 atom stereocenters. The molecule has 1 amide bonds. The quantitative estimate of drug-likeness (QED) is 0.922. The zero-order valence-corrected chi connectivity index (χ0v) is 14.4. The average Bonchev–Trinajstić information content (AvgIpc) is 3.19. The van der Waals surface area contributed by atoms with Crippen molar-refractivity contribution in [3.8, 4) is 0 Å². The molecule has 8 heteroatoms. The molecule has 0 aliphatic carbocycles. The first kappa shape index (κ1) is 17.7. The first-order valence-electron chi connectivity index (χ1n) is 8.27. The first-order chi connectivity index (χ1) is 11.7. The van der Waals surface area contributed by atoms with Crippen LogP contribution in [0.3, 0.4) is 0 Å². The predicted octanol–water partition coefficient (Wildman–Crippen LogP) is 3.07. The third-order valence-corrected chi connectivity index (χ3v) is 4.61. The first-order valence-corrected chi connectivity index (χ1v) is 8.27. The van der Waals surface area contributed by atoms with Crippen molar-refractivity contribution in [3.63, 3.8) is 0 Å². The molecule has 5 nitrogen and oxygen atoms in total. The summed E-state index contributed by atoms with van der Waals surface area (Å²) in [4.78, 5) is 18.0. The molecule has 2 heterocycles. The van der Waals surface area contributed by atoms with Crippen LogP contribution in [0.2, 0.25) is 0 Å². The lowest BCUT2D eigenvalue weighted by molar-refractivity contribution is -0.147. The molecule has 1 fully saturated rings. The van der Waals surface area contributed by atoms with Crippen LogP contribution >= 0.6 is 0 Å². The van der Waals surface area contributed by atoms with Crippen LogP contribution in [0, 0.1) is 0 Å². The minimum atomic E-state index is -4.54. The minimum absolute atomic E-state index is 0.0992. The van der Waals surface area contributed by atoms with E-state index in [1.807, 2.05) is 0 Å². The maximum Gasteiger partial charge on any atom is 0.449 e. The van der Waals surface area contributed by atoms with E-state index in [1.165, 1.54) is 6.07 Å². The molecule has 1 aromatic carbocycles. The van der Waals surface area contributed by atoms with Gasteiger partial charge in [-0.15, -0.1) is 0 Å². The summed E-state index contributed by atoms with van der Waals surface area (Å²) >= 11 is 0. The number of carbonyl (C=O) groups is 1. The smallest absolute Gasteiger partial charge is 0.337 e. The lowest BCUT2D eigenvalue weighted by Crippen LogP contribution is -2.38. The number of alkyl halides is 3. The number of amides is 1. The summed E-state index contributed by atoms with van der Waals surface area (Å²) in [6.07, 6.45) is -3.68. The molecule has 136 valence electrons. The van der Waals surface area contributed by atoms with Gasteiger partial charge in [0.05, 0.1) is 11.0 Å². The van der Waals surface area contributed by atoms with Crippen LogP contribution in [0.15, 0.2) is 18.2 Å². The maximum atomic E-state index is 13.3. The van der Waals surface area contributed by atoms with Gasteiger partial charge in [-0.05, 0) is 45.0 Å². The highest BCUT2D eigenvalue weighted by atomic mass is 19.4. The van der Waals surface area contributed by atoms with Gasteiger partial charge in [0.1, 0.15) is 0 Å². The normalized spacial score (nSPS) is 18.3. The summed E-state index contributed by atoms with van der Waals surface area (Å²) in [7, 11) is 1.72. The number of nitrogens with zero attached hydrogens (tertiary/aromatic N) is 3. The van der Waals surface area contributed by atoms with Gasteiger partial charge in [0.15, 0.2) is 0 Å². The predicted molar refractivity (Wildman–Crippen MR) is 88.5 cm³/mol. The van der Waals surface area contributed by atoms with Crippen LogP contribution in [0.1, 0.15) is 42.5 Å². The number of imidazole rings is 1. The second kappa shape index (κ2) is 6.33. The summed E-state index contributed by atoms with van der Waals surface area (Å²) in [5.74, 6) is -1.14. The molecule has 1 aliphatic rings. The molecule has 1 N–H and O–H groups in total.